The smallest absolute Gasteiger partial charge is 0.245 e. The van der Waals surface area contributed by atoms with Gasteiger partial charge in [-0.1, -0.05) is 18.2 Å². The zero-order valence-corrected chi connectivity index (χ0v) is 26.0. The minimum atomic E-state index is -0.0895. The van der Waals surface area contributed by atoms with Crippen LogP contribution in [0.15, 0.2) is 24.9 Å². The van der Waals surface area contributed by atoms with Crippen LogP contribution >= 0.6 is 11.6 Å². The zero-order chi connectivity index (χ0) is 29.4. The molecule has 1 spiro atoms. The molecule has 2 aromatic heterocycles. The van der Waals surface area contributed by atoms with Crippen LogP contribution in [0, 0.1) is 19.3 Å². The number of aryl methyl sites for hydroxylation is 1. The Morgan fingerprint density at radius 1 is 1.12 bits per heavy atom. The number of rotatable bonds is 5. The number of anilines is 1. The van der Waals surface area contributed by atoms with Crippen molar-refractivity contribution in [3.8, 4) is 11.1 Å². The van der Waals surface area contributed by atoms with Crippen molar-refractivity contribution in [1.82, 2.24) is 29.8 Å². The maximum atomic E-state index is 12.1. The second-order valence-corrected chi connectivity index (χ2v) is 14.0. The van der Waals surface area contributed by atoms with Crippen LogP contribution in [0.3, 0.4) is 0 Å². The lowest BCUT2D eigenvalue weighted by atomic mass is 9.60. The van der Waals surface area contributed by atoms with Gasteiger partial charge in [-0.2, -0.15) is 10.2 Å². The molecular weight excluding hydrogens is 550 g/mol. The molecule has 42 heavy (non-hydrogen) atoms. The Morgan fingerprint density at radius 2 is 1.86 bits per heavy atom. The Morgan fingerprint density at radius 3 is 2.55 bits per heavy atom. The molecule has 1 aliphatic carbocycles. The summed E-state index contributed by atoms with van der Waals surface area (Å²) >= 11 is 7.15. The van der Waals surface area contributed by atoms with Gasteiger partial charge in [0.25, 0.3) is 0 Å². The summed E-state index contributed by atoms with van der Waals surface area (Å²) in [7, 11) is 0. The summed E-state index contributed by atoms with van der Waals surface area (Å²) in [5.41, 5.74) is 5.40. The molecule has 3 aromatic rings. The molecule has 224 valence electrons. The Labute approximate surface area is 252 Å². The molecular formula is C32H42ClN7O2. The Balaban J connectivity index is 1.26. The van der Waals surface area contributed by atoms with Crippen LogP contribution in [-0.4, -0.2) is 93.2 Å². The van der Waals surface area contributed by atoms with E-state index in [1.807, 2.05) is 11.1 Å². The molecule has 3 saturated heterocycles. The highest BCUT2D eigenvalue weighted by Gasteiger charge is 2.54. The highest BCUT2D eigenvalue weighted by molar-refractivity contribution is 6.36. The lowest BCUT2D eigenvalue weighted by Crippen LogP contribution is -2.63. The van der Waals surface area contributed by atoms with Crippen LogP contribution in [0.1, 0.15) is 56.8 Å². The number of amides is 1. The first-order chi connectivity index (χ1) is 20.1. The number of aromatic amines is 1. The number of halogens is 1. The van der Waals surface area contributed by atoms with Crippen LogP contribution in [0.5, 0.6) is 0 Å². The zero-order valence-electron chi connectivity index (χ0n) is 25.2. The third-order valence-electron chi connectivity index (χ3n) is 10.4. The number of nitrogens with zero attached hydrogens (tertiary/aromatic N) is 6. The van der Waals surface area contributed by atoms with Crippen molar-refractivity contribution < 1.29 is 9.53 Å². The highest BCUT2D eigenvalue weighted by atomic mass is 35.5. The van der Waals surface area contributed by atoms with E-state index in [-0.39, 0.29) is 16.9 Å². The van der Waals surface area contributed by atoms with E-state index in [0.717, 1.165) is 116 Å². The van der Waals surface area contributed by atoms with E-state index in [0.29, 0.717) is 12.1 Å². The van der Waals surface area contributed by atoms with Crippen LogP contribution < -0.4 is 4.90 Å². The number of piperidine rings is 1. The number of nitrogens with one attached hydrogen (secondary N) is 1. The second-order valence-electron chi connectivity index (χ2n) is 13.7. The predicted molar refractivity (Wildman–Crippen MR) is 166 cm³/mol. The fraction of sp³-hybridized carbons (Fsp3) is 0.594. The molecule has 7 rings (SSSR count). The first-order valence-corrected chi connectivity index (χ1v) is 15.7. The molecule has 9 nitrogen and oxygen atoms in total. The fourth-order valence-electron chi connectivity index (χ4n) is 8.22. The molecule has 1 N–H and O–H groups in total. The second kappa shape index (κ2) is 10.1. The van der Waals surface area contributed by atoms with Crippen molar-refractivity contribution in [1.29, 1.82) is 0 Å². The van der Waals surface area contributed by atoms with Crippen molar-refractivity contribution in [3.05, 3.63) is 41.2 Å². The Kier molecular flexibility index (Phi) is 6.71. The Hall–Kier alpha value is -2.88. The van der Waals surface area contributed by atoms with Gasteiger partial charge in [-0.3, -0.25) is 19.5 Å². The van der Waals surface area contributed by atoms with Crippen molar-refractivity contribution >= 4 is 34.2 Å². The molecule has 0 radical (unpaired) electrons. The van der Waals surface area contributed by atoms with Crippen LogP contribution in [0.2, 0.25) is 5.02 Å². The molecule has 1 unspecified atom stereocenters. The lowest BCUT2D eigenvalue weighted by Gasteiger charge is -2.58. The summed E-state index contributed by atoms with van der Waals surface area (Å²) in [5.74, 6) is 1.05. The molecule has 0 bridgehead atoms. The van der Waals surface area contributed by atoms with E-state index in [2.05, 4.69) is 65.0 Å². The van der Waals surface area contributed by atoms with Gasteiger partial charge in [-0.05, 0) is 71.1 Å². The molecule has 3 aliphatic heterocycles. The number of benzene rings is 1. The minimum Gasteiger partial charge on any atom is -0.379 e. The van der Waals surface area contributed by atoms with E-state index < -0.39 is 0 Å². The number of aromatic nitrogens is 4. The summed E-state index contributed by atoms with van der Waals surface area (Å²) in [6.45, 7) is 18.9. The highest BCUT2D eigenvalue weighted by Crippen LogP contribution is 2.56. The summed E-state index contributed by atoms with van der Waals surface area (Å²) < 4.78 is 7.91. The van der Waals surface area contributed by atoms with Crippen LogP contribution in [0.4, 0.5) is 5.82 Å². The van der Waals surface area contributed by atoms with Gasteiger partial charge < -0.3 is 14.5 Å². The maximum absolute atomic E-state index is 12.1. The number of hydrogen-bond acceptors (Lipinski definition) is 6. The van der Waals surface area contributed by atoms with Gasteiger partial charge in [0.1, 0.15) is 0 Å². The standard InChI is InChI=1S/C32H42ClN7O2/c1-6-26(41)38-18-32(19-38)15-23(16-32)40-21(3)27(28-24-17-34-35-25(24)13-20(2)29(28)33)30(36-40)39-8-7-22(14-31(39,4)5)37-9-11-42-12-10-37/h6,13,17,22-23H,1,7-12,14-16,18-19H2,2-5H3,(H,34,35). The van der Waals surface area contributed by atoms with E-state index in [9.17, 15) is 4.79 Å². The fourth-order valence-corrected chi connectivity index (χ4v) is 8.47. The molecule has 1 amide bonds. The number of H-pyrrole nitrogens is 1. The number of hydrogen-bond donors (Lipinski definition) is 1. The topological polar surface area (TPSA) is 82.5 Å². The van der Waals surface area contributed by atoms with Gasteiger partial charge in [0, 0.05) is 71.9 Å². The number of fused-ring (bicyclic) bond motifs is 1. The van der Waals surface area contributed by atoms with Crippen molar-refractivity contribution in [2.24, 2.45) is 5.41 Å². The average molecular weight is 592 g/mol. The van der Waals surface area contributed by atoms with Crippen LogP contribution in [-0.2, 0) is 9.53 Å². The van der Waals surface area contributed by atoms with Crippen molar-refractivity contribution in [2.75, 3.05) is 50.8 Å². The molecule has 5 heterocycles. The molecule has 4 fully saturated rings. The number of carbonyl (C=O) groups is 1. The molecule has 10 heteroatoms. The molecule has 1 saturated carbocycles. The summed E-state index contributed by atoms with van der Waals surface area (Å²) in [4.78, 5) is 19.1. The third kappa shape index (κ3) is 4.38. The van der Waals surface area contributed by atoms with Gasteiger partial charge in [-0.15, -0.1) is 0 Å². The van der Waals surface area contributed by atoms with Gasteiger partial charge in [-0.25, -0.2) is 0 Å². The number of carbonyl (C=O) groups excluding carboxylic acids is 1. The van der Waals surface area contributed by atoms with E-state index in [1.54, 1.807) is 0 Å². The number of ether oxygens (including phenoxy) is 1. The van der Waals surface area contributed by atoms with Crippen molar-refractivity contribution in [3.63, 3.8) is 0 Å². The first-order valence-electron chi connectivity index (χ1n) is 15.3. The first kappa shape index (κ1) is 27.9. The molecule has 1 aromatic carbocycles. The number of morpholine rings is 1. The molecule has 1 atom stereocenters. The summed E-state index contributed by atoms with van der Waals surface area (Å²) in [6.07, 6.45) is 7.54. The monoisotopic (exact) mass is 591 g/mol. The van der Waals surface area contributed by atoms with E-state index >= 15 is 0 Å². The summed E-state index contributed by atoms with van der Waals surface area (Å²) in [5, 5.41) is 14.8. The van der Waals surface area contributed by atoms with E-state index in [1.165, 1.54) is 6.08 Å². The van der Waals surface area contributed by atoms with Crippen LogP contribution in [0.25, 0.3) is 22.0 Å². The quantitative estimate of drug-likeness (QED) is 0.415. The van der Waals surface area contributed by atoms with Gasteiger partial charge in [0.15, 0.2) is 5.82 Å². The third-order valence-corrected chi connectivity index (χ3v) is 10.9. The molecule has 4 aliphatic rings. The largest absolute Gasteiger partial charge is 0.379 e. The van der Waals surface area contributed by atoms with Gasteiger partial charge in [0.05, 0.1) is 36.0 Å². The maximum Gasteiger partial charge on any atom is 0.245 e. The average Bonchev–Trinajstić information content (AvgIpc) is 3.52. The number of likely N-dealkylation sites (tertiary alicyclic amines) is 1. The minimum absolute atomic E-state index is 0.0323. The van der Waals surface area contributed by atoms with Gasteiger partial charge in [0.2, 0.25) is 5.91 Å². The SMILES string of the molecule is C=CC(=O)N1CC2(CC(n3nc(N4CCC(N5CCOCC5)CC4(C)C)c(-c4c(Cl)c(C)cc5[nH]ncc45)c3C)C2)C1. The lowest BCUT2D eigenvalue weighted by molar-refractivity contribution is -0.149. The summed E-state index contributed by atoms with van der Waals surface area (Å²) in [6, 6.07) is 2.92. The van der Waals surface area contributed by atoms with Crippen molar-refractivity contribution in [2.45, 2.75) is 71.0 Å². The normalized spacial score (nSPS) is 24.2. The Bertz CT molecular complexity index is 1540. The van der Waals surface area contributed by atoms with Gasteiger partial charge >= 0.3 is 0 Å². The van der Waals surface area contributed by atoms with E-state index in [4.69, 9.17) is 21.4 Å². The predicted octanol–water partition coefficient (Wildman–Crippen LogP) is 5.13.